The number of nitrogens with zero attached hydrogens (tertiary/aromatic N) is 3. The Hall–Kier alpha value is -3.24. The molecular weight excluding hydrogens is 398 g/mol. The SMILES string of the molecule is CC(=O)Nc1ncc(S(=O)(=O)Nc2cccc(-c3cn4ccccc4n3)c2)s1. The van der Waals surface area contributed by atoms with Gasteiger partial charge in [0, 0.05) is 30.6 Å². The van der Waals surface area contributed by atoms with Gasteiger partial charge in [0.15, 0.2) is 9.34 Å². The number of hydrogen-bond donors (Lipinski definition) is 2. The van der Waals surface area contributed by atoms with Gasteiger partial charge < -0.3 is 9.72 Å². The molecule has 0 saturated heterocycles. The maximum absolute atomic E-state index is 12.6. The molecule has 0 aliphatic carbocycles. The zero-order valence-corrected chi connectivity index (χ0v) is 16.3. The number of aromatic nitrogens is 3. The minimum atomic E-state index is -3.82. The van der Waals surface area contributed by atoms with Crippen molar-refractivity contribution in [1.82, 2.24) is 14.4 Å². The van der Waals surface area contributed by atoms with Gasteiger partial charge in [-0.1, -0.05) is 29.5 Å². The van der Waals surface area contributed by atoms with Crippen LogP contribution in [0.1, 0.15) is 6.92 Å². The van der Waals surface area contributed by atoms with Gasteiger partial charge in [0.1, 0.15) is 5.65 Å². The zero-order valence-electron chi connectivity index (χ0n) is 14.7. The lowest BCUT2D eigenvalue weighted by molar-refractivity contribution is -0.114. The molecule has 0 atom stereocenters. The van der Waals surface area contributed by atoms with Crippen molar-refractivity contribution >= 4 is 43.7 Å². The third kappa shape index (κ3) is 3.73. The first-order chi connectivity index (χ1) is 13.4. The van der Waals surface area contributed by atoms with Gasteiger partial charge in [-0.15, -0.1) is 0 Å². The highest BCUT2D eigenvalue weighted by Crippen LogP contribution is 2.27. The Morgan fingerprint density at radius 3 is 2.82 bits per heavy atom. The first-order valence-corrected chi connectivity index (χ1v) is 10.5. The highest BCUT2D eigenvalue weighted by Gasteiger charge is 2.19. The summed E-state index contributed by atoms with van der Waals surface area (Å²) in [6, 6.07) is 12.7. The van der Waals surface area contributed by atoms with Crippen LogP contribution in [-0.4, -0.2) is 28.7 Å². The number of carbonyl (C=O) groups excluding carboxylic acids is 1. The first kappa shape index (κ1) is 18.1. The number of rotatable bonds is 5. The molecule has 0 radical (unpaired) electrons. The minimum Gasteiger partial charge on any atom is -0.306 e. The van der Waals surface area contributed by atoms with Crippen molar-refractivity contribution < 1.29 is 13.2 Å². The lowest BCUT2D eigenvalue weighted by atomic mass is 10.1. The van der Waals surface area contributed by atoms with Crippen molar-refractivity contribution in [2.75, 3.05) is 10.0 Å². The van der Waals surface area contributed by atoms with Gasteiger partial charge in [-0.2, -0.15) is 0 Å². The number of nitrogens with one attached hydrogen (secondary N) is 2. The van der Waals surface area contributed by atoms with Crippen molar-refractivity contribution in [2.45, 2.75) is 11.1 Å². The summed E-state index contributed by atoms with van der Waals surface area (Å²) in [5.74, 6) is -0.314. The number of sulfonamides is 1. The molecule has 0 aliphatic heterocycles. The number of pyridine rings is 1. The summed E-state index contributed by atoms with van der Waals surface area (Å²) in [5, 5.41) is 2.70. The summed E-state index contributed by atoms with van der Waals surface area (Å²) < 4.78 is 29.7. The van der Waals surface area contributed by atoms with E-state index in [1.165, 1.54) is 13.1 Å². The second-order valence-electron chi connectivity index (χ2n) is 5.94. The van der Waals surface area contributed by atoms with Gasteiger partial charge in [0.25, 0.3) is 10.0 Å². The van der Waals surface area contributed by atoms with Crippen LogP contribution in [-0.2, 0) is 14.8 Å². The Morgan fingerprint density at radius 1 is 1.18 bits per heavy atom. The maximum atomic E-state index is 12.6. The topological polar surface area (TPSA) is 105 Å². The van der Waals surface area contributed by atoms with Gasteiger partial charge in [-0.05, 0) is 24.3 Å². The van der Waals surface area contributed by atoms with Crippen LogP contribution in [0, 0.1) is 0 Å². The van der Waals surface area contributed by atoms with Gasteiger partial charge in [-0.25, -0.2) is 18.4 Å². The van der Waals surface area contributed by atoms with Crippen LogP contribution >= 0.6 is 11.3 Å². The molecule has 0 unspecified atom stereocenters. The number of amides is 1. The lowest BCUT2D eigenvalue weighted by Gasteiger charge is -2.07. The third-order valence-electron chi connectivity index (χ3n) is 3.81. The number of hydrogen-bond acceptors (Lipinski definition) is 6. The van der Waals surface area contributed by atoms with E-state index in [1.54, 1.807) is 18.2 Å². The van der Waals surface area contributed by atoms with Crippen molar-refractivity contribution in [3.05, 3.63) is 61.1 Å². The maximum Gasteiger partial charge on any atom is 0.273 e. The smallest absolute Gasteiger partial charge is 0.273 e. The predicted molar refractivity (Wildman–Crippen MR) is 108 cm³/mol. The standard InChI is InChI=1S/C18H15N5O3S2/c1-12(24)20-18-19-10-17(27-18)28(25,26)22-14-6-4-5-13(9-14)15-11-23-8-3-2-7-16(23)21-15/h2-11,22H,1H3,(H,19,20,24). The van der Waals surface area contributed by atoms with E-state index in [4.69, 9.17) is 0 Å². The van der Waals surface area contributed by atoms with Crippen LogP contribution in [0.5, 0.6) is 0 Å². The Kier molecular flexibility index (Phi) is 4.57. The number of imidazole rings is 1. The summed E-state index contributed by atoms with van der Waals surface area (Å²) in [6.07, 6.45) is 4.99. The molecule has 1 aromatic carbocycles. The average molecular weight is 413 g/mol. The van der Waals surface area contributed by atoms with Crippen molar-refractivity contribution in [1.29, 1.82) is 0 Å². The van der Waals surface area contributed by atoms with E-state index >= 15 is 0 Å². The average Bonchev–Trinajstić information content (AvgIpc) is 3.28. The van der Waals surface area contributed by atoms with E-state index in [0.29, 0.717) is 5.69 Å². The lowest BCUT2D eigenvalue weighted by Crippen LogP contribution is -2.11. The Balaban J connectivity index is 1.60. The minimum absolute atomic E-state index is 0.00869. The highest BCUT2D eigenvalue weighted by atomic mass is 32.2. The quantitative estimate of drug-likeness (QED) is 0.523. The van der Waals surface area contributed by atoms with Crippen molar-refractivity contribution in [3.63, 3.8) is 0 Å². The van der Waals surface area contributed by atoms with E-state index in [2.05, 4.69) is 20.0 Å². The van der Waals surface area contributed by atoms with Crippen LogP contribution in [0.15, 0.2) is 65.3 Å². The molecule has 10 heteroatoms. The van der Waals surface area contributed by atoms with Crippen LogP contribution < -0.4 is 10.0 Å². The highest BCUT2D eigenvalue weighted by molar-refractivity contribution is 7.94. The number of anilines is 2. The normalized spacial score (nSPS) is 11.5. The van der Waals surface area contributed by atoms with Crippen LogP contribution in [0.3, 0.4) is 0 Å². The van der Waals surface area contributed by atoms with Crippen LogP contribution in [0.4, 0.5) is 10.8 Å². The number of carbonyl (C=O) groups is 1. The molecule has 2 N–H and O–H groups in total. The Labute approximate surface area is 164 Å². The Morgan fingerprint density at radius 2 is 2.04 bits per heavy atom. The molecule has 1 amide bonds. The first-order valence-electron chi connectivity index (χ1n) is 8.21. The number of fused-ring (bicyclic) bond motifs is 1. The molecule has 0 spiro atoms. The van der Waals surface area contributed by atoms with E-state index in [1.807, 2.05) is 41.1 Å². The molecule has 0 fully saturated rings. The van der Waals surface area contributed by atoms with Crippen LogP contribution in [0.2, 0.25) is 0 Å². The third-order valence-corrected chi connectivity index (χ3v) is 6.56. The fourth-order valence-electron chi connectivity index (χ4n) is 2.61. The fraction of sp³-hybridized carbons (Fsp3) is 0.0556. The summed E-state index contributed by atoms with van der Waals surface area (Å²) >= 11 is 0.882. The molecule has 3 heterocycles. The fourth-order valence-corrected chi connectivity index (χ4v) is 4.74. The van der Waals surface area contributed by atoms with Crippen molar-refractivity contribution in [2.24, 2.45) is 0 Å². The summed E-state index contributed by atoms with van der Waals surface area (Å²) in [7, 11) is -3.82. The molecule has 3 aromatic heterocycles. The summed E-state index contributed by atoms with van der Waals surface area (Å²) in [4.78, 5) is 19.5. The second kappa shape index (κ2) is 7.06. The summed E-state index contributed by atoms with van der Waals surface area (Å²) in [5.41, 5.74) is 2.73. The van der Waals surface area contributed by atoms with Gasteiger partial charge >= 0.3 is 0 Å². The van der Waals surface area contributed by atoms with E-state index in [0.717, 1.165) is 28.2 Å². The van der Waals surface area contributed by atoms with Gasteiger partial charge in [0.05, 0.1) is 11.9 Å². The monoisotopic (exact) mass is 413 g/mol. The van der Waals surface area contributed by atoms with Crippen LogP contribution in [0.25, 0.3) is 16.9 Å². The molecule has 4 aromatic rings. The van der Waals surface area contributed by atoms with E-state index in [9.17, 15) is 13.2 Å². The van der Waals surface area contributed by atoms with E-state index in [-0.39, 0.29) is 15.2 Å². The molecule has 0 aliphatic rings. The molecule has 142 valence electrons. The second-order valence-corrected chi connectivity index (χ2v) is 8.88. The predicted octanol–water partition coefficient (Wildman–Crippen LogP) is 3.22. The van der Waals surface area contributed by atoms with Crippen molar-refractivity contribution in [3.8, 4) is 11.3 Å². The summed E-state index contributed by atoms with van der Waals surface area (Å²) in [6.45, 7) is 1.33. The molecular formula is C18H15N5O3S2. The molecule has 0 saturated carbocycles. The Bertz CT molecular complexity index is 1240. The molecule has 8 nitrogen and oxygen atoms in total. The molecule has 0 bridgehead atoms. The zero-order chi connectivity index (χ0) is 19.7. The number of thiazole rings is 1. The van der Waals surface area contributed by atoms with Gasteiger partial charge in [0.2, 0.25) is 5.91 Å². The van der Waals surface area contributed by atoms with Gasteiger partial charge in [-0.3, -0.25) is 9.52 Å². The number of benzene rings is 1. The largest absolute Gasteiger partial charge is 0.306 e. The van der Waals surface area contributed by atoms with E-state index < -0.39 is 10.0 Å². The molecule has 28 heavy (non-hydrogen) atoms. The molecule has 4 rings (SSSR count).